The van der Waals surface area contributed by atoms with Gasteiger partial charge in [0.1, 0.15) is 0 Å². The van der Waals surface area contributed by atoms with Crippen molar-refractivity contribution in [2.24, 2.45) is 0 Å². The third kappa shape index (κ3) is 3.25. The zero-order chi connectivity index (χ0) is 9.61. The predicted molar refractivity (Wildman–Crippen MR) is 51.8 cm³/mol. The maximum Gasteiger partial charge on any atom is 0.0689 e. The molecular weight excluding hydrogens is 150 g/mol. The van der Waals surface area contributed by atoms with Gasteiger partial charge in [-0.05, 0) is 19.8 Å². The van der Waals surface area contributed by atoms with Crippen molar-refractivity contribution in [3.8, 4) is 12.3 Å². The molecular formula is C10H19NO. The Bertz CT molecular complexity index is 156. The molecule has 2 heteroatoms. The van der Waals surface area contributed by atoms with Crippen LogP contribution in [0.3, 0.4) is 0 Å². The van der Waals surface area contributed by atoms with Gasteiger partial charge in [0.15, 0.2) is 0 Å². The Morgan fingerprint density at radius 3 is 2.42 bits per heavy atom. The van der Waals surface area contributed by atoms with Gasteiger partial charge in [-0.25, -0.2) is 0 Å². The molecule has 70 valence electrons. The van der Waals surface area contributed by atoms with Crippen molar-refractivity contribution in [2.45, 2.75) is 45.2 Å². The number of aliphatic hydroxyl groups is 1. The van der Waals surface area contributed by atoms with Gasteiger partial charge in [0.2, 0.25) is 0 Å². The molecule has 2 unspecified atom stereocenters. The van der Waals surface area contributed by atoms with Crippen LogP contribution in [0.25, 0.3) is 0 Å². The Balaban J connectivity index is 4.10. The molecule has 0 saturated heterocycles. The van der Waals surface area contributed by atoms with Gasteiger partial charge in [-0.2, -0.15) is 0 Å². The number of hydrogen-bond donors (Lipinski definition) is 2. The molecule has 0 aromatic carbocycles. The average molecular weight is 169 g/mol. The highest BCUT2D eigenvalue weighted by atomic mass is 16.3. The molecule has 0 fully saturated rings. The van der Waals surface area contributed by atoms with Gasteiger partial charge in [-0.1, -0.05) is 19.8 Å². The summed E-state index contributed by atoms with van der Waals surface area (Å²) in [6, 6.07) is 0.0714. The fraction of sp³-hybridized carbons (Fsp3) is 0.800. The minimum atomic E-state index is -0.229. The zero-order valence-electron chi connectivity index (χ0n) is 8.22. The van der Waals surface area contributed by atoms with Crippen LogP contribution in [0.5, 0.6) is 0 Å². The molecule has 0 aromatic rings. The van der Waals surface area contributed by atoms with E-state index in [-0.39, 0.29) is 18.2 Å². The highest BCUT2D eigenvalue weighted by Crippen LogP contribution is 2.09. The summed E-state index contributed by atoms with van der Waals surface area (Å²) in [6.07, 6.45) is 7.08. The molecule has 0 aliphatic heterocycles. The maximum atomic E-state index is 9.09. The van der Waals surface area contributed by atoms with E-state index in [2.05, 4.69) is 11.2 Å². The van der Waals surface area contributed by atoms with Crippen LogP contribution in [-0.4, -0.2) is 23.3 Å². The highest BCUT2D eigenvalue weighted by molar-refractivity contribution is 5.01. The van der Waals surface area contributed by atoms with Crippen LogP contribution in [0.15, 0.2) is 0 Å². The monoisotopic (exact) mass is 169 g/mol. The second-order valence-corrected chi connectivity index (χ2v) is 3.34. The summed E-state index contributed by atoms with van der Waals surface area (Å²) in [6.45, 7) is 6.17. The molecule has 0 spiro atoms. The molecule has 0 rings (SSSR count). The summed E-state index contributed by atoms with van der Waals surface area (Å²) in [5, 5.41) is 12.3. The van der Waals surface area contributed by atoms with Crippen LogP contribution >= 0.6 is 0 Å². The molecule has 12 heavy (non-hydrogen) atoms. The molecule has 0 heterocycles. The van der Waals surface area contributed by atoms with Crippen molar-refractivity contribution in [3.05, 3.63) is 0 Å². The van der Waals surface area contributed by atoms with Gasteiger partial charge >= 0.3 is 0 Å². The van der Waals surface area contributed by atoms with Crippen molar-refractivity contribution in [1.82, 2.24) is 5.32 Å². The summed E-state index contributed by atoms with van der Waals surface area (Å²) in [4.78, 5) is 0. The minimum Gasteiger partial charge on any atom is -0.394 e. The predicted octanol–water partition coefficient (Wildman–Crippen LogP) is 1.15. The van der Waals surface area contributed by atoms with Crippen LogP contribution in [0.4, 0.5) is 0 Å². The van der Waals surface area contributed by atoms with Crippen molar-refractivity contribution in [3.63, 3.8) is 0 Å². The quantitative estimate of drug-likeness (QED) is 0.605. The second kappa shape index (κ2) is 5.18. The molecule has 2 nitrogen and oxygen atoms in total. The van der Waals surface area contributed by atoms with Crippen LogP contribution in [0.2, 0.25) is 0 Å². The Morgan fingerprint density at radius 2 is 2.17 bits per heavy atom. The van der Waals surface area contributed by atoms with Crippen molar-refractivity contribution >= 4 is 0 Å². The molecule has 0 saturated carbocycles. The molecule has 0 amide bonds. The maximum absolute atomic E-state index is 9.09. The van der Waals surface area contributed by atoms with E-state index >= 15 is 0 Å². The standard InChI is InChI=1S/C10H19NO/c1-5-9(6-2)11-10(4,7-3)8-12/h1,9,11-12H,6-8H2,2-4H3. The fourth-order valence-corrected chi connectivity index (χ4v) is 0.942. The normalized spacial score (nSPS) is 17.9. The number of nitrogens with one attached hydrogen (secondary N) is 1. The van der Waals surface area contributed by atoms with Gasteiger partial charge in [0.25, 0.3) is 0 Å². The first-order chi connectivity index (χ1) is 5.61. The van der Waals surface area contributed by atoms with Crippen molar-refractivity contribution in [1.29, 1.82) is 0 Å². The lowest BCUT2D eigenvalue weighted by atomic mass is 9.98. The van der Waals surface area contributed by atoms with E-state index in [1.807, 2.05) is 20.8 Å². The first-order valence-corrected chi connectivity index (χ1v) is 4.46. The number of rotatable bonds is 5. The Kier molecular flexibility index (Phi) is 4.96. The topological polar surface area (TPSA) is 32.3 Å². The van der Waals surface area contributed by atoms with Crippen molar-refractivity contribution in [2.75, 3.05) is 6.61 Å². The van der Waals surface area contributed by atoms with Crippen LogP contribution in [-0.2, 0) is 0 Å². The number of hydrogen-bond acceptors (Lipinski definition) is 2. The molecule has 2 atom stereocenters. The third-order valence-corrected chi connectivity index (χ3v) is 2.26. The zero-order valence-corrected chi connectivity index (χ0v) is 8.22. The van der Waals surface area contributed by atoms with Gasteiger partial charge < -0.3 is 5.11 Å². The average Bonchev–Trinajstić information content (AvgIpc) is 2.14. The van der Waals surface area contributed by atoms with E-state index < -0.39 is 0 Å². The molecule has 0 bridgehead atoms. The summed E-state index contributed by atoms with van der Waals surface area (Å²) in [7, 11) is 0. The summed E-state index contributed by atoms with van der Waals surface area (Å²) in [5.41, 5.74) is -0.229. The summed E-state index contributed by atoms with van der Waals surface area (Å²) >= 11 is 0. The molecule has 0 radical (unpaired) electrons. The Labute approximate surface area is 75.4 Å². The molecule has 2 N–H and O–H groups in total. The van der Waals surface area contributed by atoms with Crippen LogP contribution in [0.1, 0.15) is 33.6 Å². The SMILES string of the molecule is C#CC(CC)NC(C)(CC)CO. The smallest absolute Gasteiger partial charge is 0.0689 e. The molecule has 0 aromatic heterocycles. The fourth-order valence-electron chi connectivity index (χ4n) is 0.942. The van der Waals surface area contributed by atoms with E-state index in [4.69, 9.17) is 11.5 Å². The van der Waals surface area contributed by atoms with E-state index in [9.17, 15) is 0 Å². The highest BCUT2D eigenvalue weighted by Gasteiger charge is 2.22. The van der Waals surface area contributed by atoms with E-state index in [0.29, 0.717) is 0 Å². The third-order valence-electron chi connectivity index (χ3n) is 2.26. The van der Waals surface area contributed by atoms with Gasteiger partial charge in [0, 0.05) is 5.54 Å². The van der Waals surface area contributed by atoms with Gasteiger partial charge in [-0.15, -0.1) is 6.42 Å². The first kappa shape index (κ1) is 11.5. The summed E-state index contributed by atoms with van der Waals surface area (Å²) in [5.74, 6) is 2.65. The lowest BCUT2D eigenvalue weighted by molar-refractivity contribution is 0.163. The lowest BCUT2D eigenvalue weighted by Gasteiger charge is -2.30. The Hall–Kier alpha value is -0.520. The molecule has 0 aliphatic carbocycles. The lowest BCUT2D eigenvalue weighted by Crippen LogP contribution is -2.49. The van der Waals surface area contributed by atoms with Gasteiger partial charge in [0.05, 0.1) is 12.6 Å². The Morgan fingerprint density at radius 1 is 1.58 bits per heavy atom. The largest absolute Gasteiger partial charge is 0.394 e. The van der Waals surface area contributed by atoms with Crippen LogP contribution in [0, 0.1) is 12.3 Å². The van der Waals surface area contributed by atoms with Gasteiger partial charge in [-0.3, -0.25) is 5.32 Å². The minimum absolute atomic E-state index is 0.0714. The first-order valence-electron chi connectivity index (χ1n) is 4.46. The summed E-state index contributed by atoms with van der Waals surface area (Å²) < 4.78 is 0. The number of aliphatic hydroxyl groups excluding tert-OH is 1. The molecule has 0 aliphatic rings. The van der Waals surface area contributed by atoms with Crippen LogP contribution < -0.4 is 5.32 Å². The van der Waals surface area contributed by atoms with E-state index in [1.54, 1.807) is 0 Å². The van der Waals surface area contributed by atoms with Crippen molar-refractivity contribution < 1.29 is 5.11 Å². The second-order valence-electron chi connectivity index (χ2n) is 3.34. The van der Waals surface area contributed by atoms with E-state index in [1.165, 1.54) is 0 Å². The van der Waals surface area contributed by atoms with E-state index in [0.717, 1.165) is 12.8 Å². The number of terminal acetylenes is 1.